The first kappa shape index (κ1) is 15.6. The zero-order valence-corrected chi connectivity index (χ0v) is 10.8. The topological polar surface area (TPSA) is 115 Å². The maximum Gasteiger partial charge on any atom is 0.328 e. The first-order valence-corrected chi connectivity index (χ1v) is 5.76. The van der Waals surface area contributed by atoms with Crippen LogP contribution in [0.1, 0.15) is 12.5 Å². The molecule has 0 spiro atoms. The molecular formula is C13H15NO6. The van der Waals surface area contributed by atoms with Crippen LogP contribution in [0.2, 0.25) is 0 Å². The second-order valence-corrected chi connectivity index (χ2v) is 4.39. The number of nitrogens with zero attached hydrogens (tertiary/aromatic N) is 1. The number of carboxylic acid groups (broad SMARTS) is 3. The molecule has 7 heteroatoms. The van der Waals surface area contributed by atoms with Gasteiger partial charge in [0.05, 0.1) is 13.1 Å². The Kier molecular flexibility index (Phi) is 4.82. The molecule has 0 aliphatic rings. The van der Waals surface area contributed by atoms with E-state index in [0.717, 1.165) is 4.90 Å². The minimum atomic E-state index is -1.74. The van der Waals surface area contributed by atoms with Gasteiger partial charge in [-0.15, -0.1) is 0 Å². The number of carbonyl (C=O) groups is 3. The van der Waals surface area contributed by atoms with Gasteiger partial charge in [-0.1, -0.05) is 30.3 Å². The molecule has 20 heavy (non-hydrogen) atoms. The molecule has 0 fully saturated rings. The number of hydrogen-bond donors (Lipinski definition) is 3. The molecule has 0 aromatic heterocycles. The SMILES string of the molecule is CC(C(=O)O)(c1ccccc1)N(CC(=O)O)CC(=O)O. The van der Waals surface area contributed by atoms with Crippen LogP contribution in [0.3, 0.4) is 0 Å². The summed E-state index contributed by atoms with van der Waals surface area (Å²) in [6, 6.07) is 7.94. The fourth-order valence-electron chi connectivity index (χ4n) is 1.90. The maximum atomic E-state index is 11.6. The minimum absolute atomic E-state index is 0.315. The highest BCUT2D eigenvalue weighted by molar-refractivity contribution is 5.83. The van der Waals surface area contributed by atoms with E-state index in [2.05, 4.69) is 0 Å². The van der Waals surface area contributed by atoms with E-state index >= 15 is 0 Å². The van der Waals surface area contributed by atoms with Crippen LogP contribution in [-0.4, -0.2) is 51.2 Å². The van der Waals surface area contributed by atoms with Crippen molar-refractivity contribution in [2.24, 2.45) is 0 Å². The third-order valence-corrected chi connectivity index (χ3v) is 3.04. The third kappa shape index (κ3) is 3.33. The van der Waals surface area contributed by atoms with E-state index in [1.807, 2.05) is 0 Å². The van der Waals surface area contributed by atoms with Gasteiger partial charge in [0.1, 0.15) is 5.54 Å². The average Bonchev–Trinajstić information content (AvgIpc) is 2.36. The Morgan fingerprint density at radius 3 is 1.80 bits per heavy atom. The smallest absolute Gasteiger partial charge is 0.328 e. The molecule has 0 amide bonds. The Bertz CT molecular complexity index is 499. The van der Waals surface area contributed by atoms with Gasteiger partial charge in [-0.25, -0.2) is 4.79 Å². The summed E-state index contributed by atoms with van der Waals surface area (Å²) in [6.07, 6.45) is 0. The van der Waals surface area contributed by atoms with Gasteiger partial charge in [-0.3, -0.25) is 14.5 Å². The standard InChI is InChI=1S/C13H15NO6/c1-13(12(19)20,9-5-3-2-4-6-9)14(7-10(15)16)8-11(17)18/h2-6H,7-8H2,1H3,(H,15,16)(H,17,18)(H,19,20). The van der Waals surface area contributed by atoms with E-state index in [-0.39, 0.29) is 0 Å². The second kappa shape index (κ2) is 6.16. The summed E-state index contributed by atoms with van der Waals surface area (Å²) in [5.74, 6) is -3.91. The molecule has 0 radical (unpaired) electrons. The van der Waals surface area contributed by atoms with Crippen molar-refractivity contribution in [1.82, 2.24) is 4.90 Å². The summed E-state index contributed by atoms with van der Waals surface area (Å²) < 4.78 is 0. The first-order valence-electron chi connectivity index (χ1n) is 5.76. The number of hydrogen-bond acceptors (Lipinski definition) is 4. The van der Waals surface area contributed by atoms with Crippen LogP contribution in [0.25, 0.3) is 0 Å². The highest BCUT2D eigenvalue weighted by Gasteiger charge is 2.43. The molecule has 0 saturated heterocycles. The van der Waals surface area contributed by atoms with Gasteiger partial charge in [0.25, 0.3) is 0 Å². The van der Waals surface area contributed by atoms with Crippen molar-refractivity contribution in [3.8, 4) is 0 Å². The fourth-order valence-corrected chi connectivity index (χ4v) is 1.90. The molecule has 7 nitrogen and oxygen atoms in total. The van der Waals surface area contributed by atoms with Crippen LogP contribution in [0.4, 0.5) is 0 Å². The quantitative estimate of drug-likeness (QED) is 0.664. The maximum absolute atomic E-state index is 11.6. The van der Waals surface area contributed by atoms with E-state index in [4.69, 9.17) is 10.2 Å². The number of aliphatic carboxylic acids is 3. The van der Waals surface area contributed by atoms with Gasteiger partial charge in [-0.05, 0) is 12.5 Å². The Balaban J connectivity index is 3.29. The van der Waals surface area contributed by atoms with Gasteiger partial charge < -0.3 is 15.3 Å². The van der Waals surface area contributed by atoms with E-state index in [0.29, 0.717) is 5.56 Å². The predicted molar refractivity (Wildman–Crippen MR) is 68.3 cm³/mol. The van der Waals surface area contributed by atoms with Gasteiger partial charge in [0.15, 0.2) is 0 Å². The molecule has 3 N–H and O–H groups in total. The number of carboxylic acids is 3. The summed E-state index contributed by atoms with van der Waals surface area (Å²) in [7, 11) is 0. The Labute approximate surface area is 115 Å². The minimum Gasteiger partial charge on any atom is -0.480 e. The normalized spacial score (nSPS) is 13.7. The van der Waals surface area contributed by atoms with Crippen molar-refractivity contribution in [3.05, 3.63) is 35.9 Å². The number of rotatable bonds is 7. The molecule has 0 heterocycles. The lowest BCUT2D eigenvalue weighted by atomic mass is 9.90. The highest BCUT2D eigenvalue weighted by Crippen LogP contribution is 2.28. The average molecular weight is 281 g/mol. The van der Waals surface area contributed by atoms with Crippen molar-refractivity contribution in [3.63, 3.8) is 0 Å². The summed E-state index contributed by atoms with van der Waals surface area (Å²) in [5.41, 5.74) is -1.42. The molecule has 0 saturated carbocycles. The Hall–Kier alpha value is -2.41. The zero-order chi connectivity index (χ0) is 15.3. The molecule has 1 aromatic rings. The lowest BCUT2D eigenvalue weighted by molar-refractivity contribution is -0.157. The van der Waals surface area contributed by atoms with E-state index in [9.17, 15) is 19.5 Å². The molecule has 1 unspecified atom stereocenters. The molecule has 0 bridgehead atoms. The monoisotopic (exact) mass is 281 g/mol. The number of benzene rings is 1. The molecule has 108 valence electrons. The van der Waals surface area contributed by atoms with Crippen molar-refractivity contribution in [1.29, 1.82) is 0 Å². The van der Waals surface area contributed by atoms with Crippen LogP contribution >= 0.6 is 0 Å². The van der Waals surface area contributed by atoms with Gasteiger partial charge in [-0.2, -0.15) is 0 Å². The molecule has 0 aliphatic carbocycles. The third-order valence-electron chi connectivity index (χ3n) is 3.04. The summed E-state index contributed by atoms with van der Waals surface area (Å²) in [5, 5.41) is 27.2. The van der Waals surface area contributed by atoms with Gasteiger partial charge in [0.2, 0.25) is 0 Å². The molecule has 0 aliphatic heterocycles. The van der Waals surface area contributed by atoms with Crippen molar-refractivity contribution in [2.75, 3.05) is 13.1 Å². The molecular weight excluding hydrogens is 266 g/mol. The van der Waals surface area contributed by atoms with Crippen LogP contribution in [0.15, 0.2) is 30.3 Å². The largest absolute Gasteiger partial charge is 0.480 e. The van der Waals surface area contributed by atoms with Gasteiger partial charge >= 0.3 is 17.9 Å². The Morgan fingerprint density at radius 2 is 1.45 bits per heavy atom. The molecule has 1 rings (SSSR count). The summed E-state index contributed by atoms with van der Waals surface area (Å²) >= 11 is 0. The zero-order valence-electron chi connectivity index (χ0n) is 10.8. The second-order valence-electron chi connectivity index (χ2n) is 4.39. The van der Waals surface area contributed by atoms with Crippen molar-refractivity contribution < 1.29 is 29.7 Å². The van der Waals surface area contributed by atoms with E-state index < -0.39 is 36.5 Å². The fraction of sp³-hybridized carbons (Fsp3) is 0.308. The Morgan fingerprint density at radius 1 is 1.00 bits per heavy atom. The first-order chi connectivity index (χ1) is 9.28. The molecule has 1 aromatic carbocycles. The van der Waals surface area contributed by atoms with E-state index in [1.54, 1.807) is 18.2 Å². The van der Waals surface area contributed by atoms with Crippen molar-refractivity contribution >= 4 is 17.9 Å². The van der Waals surface area contributed by atoms with E-state index in [1.165, 1.54) is 19.1 Å². The van der Waals surface area contributed by atoms with Crippen LogP contribution < -0.4 is 0 Å². The lowest BCUT2D eigenvalue weighted by Crippen LogP contribution is -2.53. The summed E-state index contributed by atoms with van der Waals surface area (Å²) in [6.45, 7) is -0.0927. The van der Waals surface area contributed by atoms with Crippen LogP contribution in [0, 0.1) is 0 Å². The van der Waals surface area contributed by atoms with Crippen molar-refractivity contribution in [2.45, 2.75) is 12.5 Å². The summed E-state index contributed by atoms with van der Waals surface area (Å²) in [4.78, 5) is 34.2. The highest BCUT2D eigenvalue weighted by atomic mass is 16.4. The predicted octanol–water partition coefficient (Wildman–Crippen LogP) is 0.458. The molecule has 1 atom stereocenters. The van der Waals surface area contributed by atoms with Crippen LogP contribution in [0.5, 0.6) is 0 Å². The lowest BCUT2D eigenvalue weighted by Gasteiger charge is -2.36. The van der Waals surface area contributed by atoms with Crippen LogP contribution in [-0.2, 0) is 19.9 Å². The van der Waals surface area contributed by atoms with Gasteiger partial charge in [0, 0.05) is 0 Å².